The predicted octanol–water partition coefficient (Wildman–Crippen LogP) is 3.72. The number of hydrazine groups is 1. The molecule has 3 nitrogen and oxygen atoms in total. The van der Waals surface area contributed by atoms with Crippen molar-refractivity contribution < 1.29 is 4.74 Å². The van der Waals surface area contributed by atoms with Gasteiger partial charge in [-0.2, -0.15) is 0 Å². The second-order valence-electron chi connectivity index (χ2n) is 6.07. The fourth-order valence-electron chi connectivity index (χ4n) is 3.61. The van der Waals surface area contributed by atoms with Crippen molar-refractivity contribution >= 4 is 0 Å². The Bertz CT molecular complexity index is 433. The van der Waals surface area contributed by atoms with Crippen LogP contribution in [0.5, 0.6) is 5.75 Å². The zero-order valence-corrected chi connectivity index (χ0v) is 13.0. The fourth-order valence-corrected chi connectivity index (χ4v) is 3.61. The van der Waals surface area contributed by atoms with Gasteiger partial charge in [0.25, 0.3) is 0 Å². The molecule has 3 heteroatoms. The van der Waals surface area contributed by atoms with Crippen molar-refractivity contribution in [1.29, 1.82) is 0 Å². The zero-order valence-electron chi connectivity index (χ0n) is 13.0. The summed E-state index contributed by atoms with van der Waals surface area (Å²) in [5.74, 6) is 8.30. The first-order valence-electron chi connectivity index (χ1n) is 7.80. The number of nitrogens with one attached hydrogen (secondary N) is 1. The van der Waals surface area contributed by atoms with Crippen molar-refractivity contribution in [1.82, 2.24) is 5.43 Å². The van der Waals surface area contributed by atoms with E-state index in [1.165, 1.54) is 43.2 Å². The fraction of sp³-hybridized carbons (Fsp3) is 0.647. The van der Waals surface area contributed by atoms with Gasteiger partial charge in [-0.3, -0.25) is 11.3 Å². The highest BCUT2D eigenvalue weighted by Crippen LogP contribution is 2.39. The molecule has 0 bridgehead atoms. The lowest BCUT2D eigenvalue weighted by molar-refractivity contribution is 0.209. The number of nitrogens with two attached hydrogens (primary N) is 1. The second kappa shape index (κ2) is 7.09. The number of hydrogen-bond donors (Lipinski definition) is 2. The number of hydrogen-bond acceptors (Lipinski definition) is 3. The molecule has 1 aliphatic rings. The SMILES string of the molecule is CCC1CCCC(C(NN)c2ccc(OC)cc2C)C1. The van der Waals surface area contributed by atoms with Crippen molar-refractivity contribution in [3.8, 4) is 5.75 Å². The molecule has 3 N–H and O–H groups in total. The van der Waals surface area contributed by atoms with E-state index < -0.39 is 0 Å². The highest BCUT2D eigenvalue weighted by atomic mass is 16.5. The highest BCUT2D eigenvalue weighted by Gasteiger charge is 2.29. The molecule has 0 saturated heterocycles. The number of benzene rings is 1. The summed E-state index contributed by atoms with van der Waals surface area (Å²) >= 11 is 0. The van der Waals surface area contributed by atoms with Crippen LogP contribution >= 0.6 is 0 Å². The first kappa shape index (κ1) is 15.3. The van der Waals surface area contributed by atoms with Gasteiger partial charge in [-0.05, 0) is 54.9 Å². The third-order valence-electron chi connectivity index (χ3n) is 4.86. The molecule has 1 aromatic rings. The quantitative estimate of drug-likeness (QED) is 0.636. The van der Waals surface area contributed by atoms with Gasteiger partial charge < -0.3 is 4.74 Å². The molecule has 0 radical (unpaired) electrons. The van der Waals surface area contributed by atoms with Gasteiger partial charge in [-0.25, -0.2) is 0 Å². The lowest BCUT2D eigenvalue weighted by atomic mass is 9.75. The van der Waals surface area contributed by atoms with Crippen LogP contribution in [0.25, 0.3) is 0 Å². The number of ether oxygens (including phenoxy) is 1. The van der Waals surface area contributed by atoms with Crippen molar-refractivity contribution in [3.05, 3.63) is 29.3 Å². The van der Waals surface area contributed by atoms with Gasteiger partial charge >= 0.3 is 0 Å². The maximum absolute atomic E-state index is 5.88. The average Bonchev–Trinajstić information content (AvgIpc) is 2.49. The van der Waals surface area contributed by atoms with Crippen LogP contribution in [0.15, 0.2) is 18.2 Å². The minimum Gasteiger partial charge on any atom is -0.497 e. The Balaban J connectivity index is 2.19. The molecule has 2 rings (SSSR count). The summed E-state index contributed by atoms with van der Waals surface area (Å²) in [7, 11) is 1.71. The molecule has 1 aliphatic carbocycles. The van der Waals surface area contributed by atoms with Crippen LogP contribution in [0.2, 0.25) is 0 Å². The summed E-state index contributed by atoms with van der Waals surface area (Å²) < 4.78 is 5.29. The van der Waals surface area contributed by atoms with Crippen LogP contribution in [-0.2, 0) is 0 Å². The molecule has 0 amide bonds. The lowest BCUT2D eigenvalue weighted by Gasteiger charge is -2.35. The molecule has 112 valence electrons. The summed E-state index contributed by atoms with van der Waals surface area (Å²) in [6, 6.07) is 6.55. The Labute approximate surface area is 122 Å². The first-order valence-corrected chi connectivity index (χ1v) is 7.80. The Morgan fingerprint density at radius 1 is 1.40 bits per heavy atom. The second-order valence-corrected chi connectivity index (χ2v) is 6.07. The Hall–Kier alpha value is -1.06. The minimum absolute atomic E-state index is 0.259. The smallest absolute Gasteiger partial charge is 0.119 e. The summed E-state index contributed by atoms with van der Waals surface area (Å²) in [6.45, 7) is 4.44. The molecule has 3 unspecified atom stereocenters. The van der Waals surface area contributed by atoms with Gasteiger partial charge in [0.15, 0.2) is 0 Å². The average molecular weight is 276 g/mol. The zero-order chi connectivity index (χ0) is 14.5. The van der Waals surface area contributed by atoms with E-state index in [9.17, 15) is 0 Å². The molecular formula is C17H28N2O. The van der Waals surface area contributed by atoms with E-state index in [-0.39, 0.29) is 6.04 Å². The van der Waals surface area contributed by atoms with E-state index in [2.05, 4.69) is 31.4 Å². The topological polar surface area (TPSA) is 47.3 Å². The maximum Gasteiger partial charge on any atom is 0.119 e. The maximum atomic E-state index is 5.88. The van der Waals surface area contributed by atoms with E-state index in [0.29, 0.717) is 5.92 Å². The molecule has 1 saturated carbocycles. The highest BCUT2D eigenvalue weighted by molar-refractivity contribution is 5.37. The van der Waals surface area contributed by atoms with Gasteiger partial charge in [0.1, 0.15) is 5.75 Å². The van der Waals surface area contributed by atoms with E-state index >= 15 is 0 Å². The van der Waals surface area contributed by atoms with Crippen LogP contribution in [0, 0.1) is 18.8 Å². The third kappa shape index (κ3) is 3.33. The molecule has 1 fully saturated rings. The van der Waals surface area contributed by atoms with Crippen LogP contribution in [0.1, 0.15) is 56.2 Å². The van der Waals surface area contributed by atoms with E-state index in [4.69, 9.17) is 10.6 Å². The van der Waals surface area contributed by atoms with Crippen molar-refractivity contribution in [2.45, 2.75) is 52.0 Å². The summed E-state index contributed by atoms with van der Waals surface area (Å²) in [6.07, 6.45) is 6.56. The van der Waals surface area contributed by atoms with Crippen molar-refractivity contribution in [2.75, 3.05) is 7.11 Å². The number of rotatable bonds is 5. The summed E-state index contributed by atoms with van der Waals surface area (Å²) in [5, 5.41) is 0. The summed E-state index contributed by atoms with van der Waals surface area (Å²) in [4.78, 5) is 0. The van der Waals surface area contributed by atoms with Crippen LogP contribution in [0.4, 0.5) is 0 Å². The molecule has 0 aromatic heterocycles. The minimum atomic E-state index is 0.259. The molecule has 0 heterocycles. The Morgan fingerprint density at radius 2 is 2.20 bits per heavy atom. The first-order chi connectivity index (χ1) is 9.69. The van der Waals surface area contributed by atoms with Crippen molar-refractivity contribution in [3.63, 3.8) is 0 Å². The summed E-state index contributed by atoms with van der Waals surface area (Å²) in [5.41, 5.74) is 5.64. The lowest BCUT2D eigenvalue weighted by Crippen LogP contribution is -2.36. The largest absolute Gasteiger partial charge is 0.497 e. The van der Waals surface area contributed by atoms with Gasteiger partial charge in [0, 0.05) is 6.04 Å². The van der Waals surface area contributed by atoms with E-state index in [0.717, 1.165) is 11.7 Å². The van der Waals surface area contributed by atoms with Gasteiger partial charge in [-0.1, -0.05) is 32.3 Å². The third-order valence-corrected chi connectivity index (χ3v) is 4.86. The molecule has 1 aromatic carbocycles. The van der Waals surface area contributed by atoms with Gasteiger partial charge in [-0.15, -0.1) is 0 Å². The van der Waals surface area contributed by atoms with Gasteiger partial charge in [0.05, 0.1) is 7.11 Å². The van der Waals surface area contributed by atoms with E-state index in [1.807, 2.05) is 6.07 Å². The van der Waals surface area contributed by atoms with E-state index in [1.54, 1.807) is 7.11 Å². The van der Waals surface area contributed by atoms with Crippen LogP contribution in [-0.4, -0.2) is 7.11 Å². The molecule has 3 atom stereocenters. The van der Waals surface area contributed by atoms with Crippen LogP contribution in [0.3, 0.4) is 0 Å². The van der Waals surface area contributed by atoms with Gasteiger partial charge in [0.2, 0.25) is 0 Å². The predicted molar refractivity (Wildman–Crippen MR) is 83.5 cm³/mol. The standard InChI is InChI=1S/C17H28N2O/c1-4-13-6-5-7-14(11-13)17(19-18)16-9-8-15(20-3)10-12(16)2/h8-10,13-14,17,19H,4-7,11,18H2,1-3H3. The molecular weight excluding hydrogens is 248 g/mol. The van der Waals surface area contributed by atoms with Crippen molar-refractivity contribution in [2.24, 2.45) is 17.7 Å². The molecule has 0 aliphatic heterocycles. The Kier molecular flexibility index (Phi) is 5.44. The molecule has 20 heavy (non-hydrogen) atoms. The number of aryl methyl sites for hydroxylation is 1. The molecule has 0 spiro atoms. The number of methoxy groups -OCH3 is 1. The normalized spacial score (nSPS) is 24.4. The monoisotopic (exact) mass is 276 g/mol. The Morgan fingerprint density at radius 3 is 2.80 bits per heavy atom. The van der Waals surface area contributed by atoms with Crippen LogP contribution < -0.4 is 16.0 Å².